The Morgan fingerprint density at radius 3 is 2.30 bits per heavy atom. The van der Waals surface area contributed by atoms with Gasteiger partial charge in [-0.15, -0.1) is 0 Å². The fourth-order valence-electron chi connectivity index (χ4n) is 5.44. The lowest BCUT2D eigenvalue weighted by Gasteiger charge is -2.38. The standard InChI is InChI=1S/C36H41N3O7S/c1-25-21-39(26(2)24-40)36(41)33-20-28(37-47(42,43)32-17-15-29(44-4)16-18-32)12-19-34(33)46-35(25)23-38(3)22-27-10-13-31(14-11-27)45-30-8-6-5-7-9-30/h5-20,25-26,35,37,40H,21-24H2,1-4H3/t25-,26-,35+/m0/s1. The first kappa shape index (κ1) is 33.8. The molecule has 248 valence electrons. The van der Waals surface area contributed by atoms with E-state index >= 15 is 0 Å². The molecule has 11 heteroatoms. The van der Waals surface area contributed by atoms with Crippen molar-refractivity contribution < 1.29 is 32.5 Å². The number of hydrogen-bond donors (Lipinski definition) is 2. The van der Waals surface area contributed by atoms with E-state index in [1.807, 2.05) is 68.6 Å². The van der Waals surface area contributed by atoms with Crippen molar-refractivity contribution in [3.05, 3.63) is 108 Å². The number of hydrogen-bond acceptors (Lipinski definition) is 8. The van der Waals surface area contributed by atoms with Crippen molar-refractivity contribution in [1.29, 1.82) is 0 Å². The van der Waals surface area contributed by atoms with Gasteiger partial charge in [-0.3, -0.25) is 14.4 Å². The van der Waals surface area contributed by atoms with E-state index in [9.17, 15) is 18.3 Å². The summed E-state index contributed by atoms with van der Waals surface area (Å²) in [6.07, 6.45) is -0.303. The lowest BCUT2D eigenvalue weighted by atomic mass is 9.99. The second-order valence-electron chi connectivity index (χ2n) is 11.9. The Bertz CT molecular complexity index is 1750. The number of sulfonamides is 1. The summed E-state index contributed by atoms with van der Waals surface area (Å²) in [6, 6.07) is 27.8. The molecule has 0 aromatic heterocycles. The van der Waals surface area contributed by atoms with Crippen LogP contribution >= 0.6 is 0 Å². The lowest BCUT2D eigenvalue weighted by Crippen LogP contribution is -2.49. The van der Waals surface area contributed by atoms with Gasteiger partial charge in [0.05, 0.1) is 30.2 Å². The van der Waals surface area contributed by atoms with E-state index in [1.165, 1.54) is 25.3 Å². The minimum atomic E-state index is -3.94. The van der Waals surface area contributed by atoms with Gasteiger partial charge in [0.15, 0.2) is 0 Å². The summed E-state index contributed by atoms with van der Waals surface area (Å²) in [6.45, 7) is 5.17. The van der Waals surface area contributed by atoms with Gasteiger partial charge >= 0.3 is 0 Å². The number of para-hydroxylation sites is 1. The second kappa shape index (κ2) is 14.9. The topological polar surface area (TPSA) is 118 Å². The summed E-state index contributed by atoms with van der Waals surface area (Å²) in [5.74, 6) is 2.00. The first-order chi connectivity index (χ1) is 22.6. The van der Waals surface area contributed by atoms with Gasteiger partial charge in [0.2, 0.25) is 0 Å². The maximum Gasteiger partial charge on any atom is 0.261 e. The molecule has 0 spiro atoms. The van der Waals surface area contributed by atoms with E-state index in [-0.39, 0.29) is 40.7 Å². The number of anilines is 1. The Balaban J connectivity index is 1.33. The Hall–Kier alpha value is -4.58. The zero-order chi connectivity index (χ0) is 33.6. The molecule has 0 fully saturated rings. The van der Waals surface area contributed by atoms with E-state index in [0.29, 0.717) is 31.1 Å². The lowest BCUT2D eigenvalue weighted by molar-refractivity contribution is 0.0341. The number of ether oxygens (including phenoxy) is 3. The number of aliphatic hydroxyl groups is 1. The summed E-state index contributed by atoms with van der Waals surface area (Å²) in [5.41, 5.74) is 1.54. The van der Waals surface area contributed by atoms with Crippen LogP contribution in [-0.2, 0) is 16.6 Å². The molecule has 5 rings (SSSR count). The number of carbonyl (C=O) groups excluding carboxylic acids is 1. The third-order valence-corrected chi connectivity index (χ3v) is 9.53. The van der Waals surface area contributed by atoms with Crippen LogP contribution in [0.25, 0.3) is 0 Å². The number of amides is 1. The van der Waals surface area contributed by atoms with Crippen molar-refractivity contribution >= 4 is 21.6 Å². The number of fused-ring (bicyclic) bond motifs is 1. The molecule has 1 heterocycles. The molecule has 1 aliphatic heterocycles. The molecule has 2 N–H and O–H groups in total. The van der Waals surface area contributed by atoms with Gasteiger partial charge in [0.1, 0.15) is 29.1 Å². The van der Waals surface area contributed by atoms with Gasteiger partial charge in [-0.25, -0.2) is 8.42 Å². The molecule has 0 bridgehead atoms. The monoisotopic (exact) mass is 659 g/mol. The fraction of sp³-hybridized carbons (Fsp3) is 0.306. The molecule has 0 saturated carbocycles. The van der Waals surface area contributed by atoms with Crippen LogP contribution in [0.3, 0.4) is 0 Å². The van der Waals surface area contributed by atoms with Crippen molar-refractivity contribution in [3.8, 4) is 23.0 Å². The van der Waals surface area contributed by atoms with Gasteiger partial charge in [0, 0.05) is 31.2 Å². The summed E-state index contributed by atoms with van der Waals surface area (Å²) in [5, 5.41) is 10.0. The molecule has 47 heavy (non-hydrogen) atoms. The van der Waals surface area contributed by atoms with Crippen LogP contribution in [0.5, 0.6) is 23.0 Å². The smallest absolute Gasteiger partial charge is 0.261 e. The Kier molecular flexibility index (Phi) is 10.7. The predicted molar refractivity (Wildman–Crippen MR) is 181 cm³/mol. The summed E-state index contributed by atoms with van der Waals surface area (Å²) >= 11 is 0. The summed E-state index contributed by atoms with van der Waals surface area (Å²) in [7, 11) is -0.424. The summed E-state index contributed by atoms with van der Waals surface area (Å²) < 4.78 is 46.4. The Labute approximate surface area is 276 Å². The van der Waals surface area contributed by atoms with Gasteiger partial charge < -0.3 is 24.2 Å². The van der Waals surface area contributed by atoms with Crippen LogP contribution in [-0.4, -0.2) is 75.2 Å². The minimum Gasteiger partial charge on any atom is -0.497 e. The van der Waals surface area contributed by atoms with Crippen LogP contribution in [0.15, 0.2) is 102 Å². The highest BCUT2D eigenvalue weighted by Crippen LogP contribution is 2.32. The molecular weight excluding hydrogens is 618 g/mol. The highest BCUT2D eigenvalue weighted by molar-refractivity contribution is 7.92. The maximum atomic E-state index is 13.8. The molecule has 3 atom stereocenters. The third-order valence-electron chi connectivity index (χ3n) is 8.13. The van der Waals surface area contributed by atoms with E-state index in [2.05, 4.69) is 9.62 Å². The molecule has 1 amide bonds. The van der Waals surface area contributed by atoms with E-state index in [4.69, 9.17) is 14.2 Å². The van der Waals surface area contributed by atoms with E-state index < -0.39 is 16.1 Å². The molecule has 1 aliphatic rings. The van der Waals surface area contributed by atoms with Crippen molar-refractivity contribution in [1.82, 2.24) is 9.80 Å². The minimum absolute atomic E-state index is 0.0541. The second-order valence-corrected chi connectivity index (χ2v) is 13.6. The maximum absolute atomic E-state index is 13.8. The Morgan fingerprint density at radius 2 is 1.64 bits per heavy atom. The van der Waals surface area contributed by atoms with E-state index in [1.54, 1.807) is 36.1 Å². The zero-order valence-corrected chi connectivity index (χ0v) is 27.8. The van der Waals surface area contributed by atoms with Crippen LogP contribution in [0.1, 0.15) is 29.8 Å². The molecule has 0 unspecified atom stereocenters. The van der Waals surface area contributed by atoms with Crippen molar-refractivity contribution in [3.63, 3.8) is 0 Å². The highest BCUT2D eigenvalue weighted by Gasteiger charge is 2.34. The number of nitrogens with one attached hydrogen (secondary N) is 1. The van der Waals surface area contributed by atoms with Crippen LogP contribution in [0, 0.1) is 5.92 Å². The van der Waals surface area contributed by atoms with Gasteiger partial charge in [0.25, 0.3) is 15.9 Å². The van der Waals surface area contributed by atoms with Gasteiger partial charge in [-0.2, -0.15) is 0 Å². The largest absolute Gasteiger partial charge is 0.497 e. The first-order valence-corrected chi connectivity index (χ1v) is 16.9. The molecule has 0 radical (unpaired) electrons. The third kappa shape index (κ3) is 8.42. The fourth-order valence-corrected chi connectivity index (χ4v) is 6.49. The normalized spacial score (nSPS) is 17.2. The molecular formula is C36H41N3O7S. The molecule has 0 aliphatic carbocycles. The number of aliphatic hydroxyl groups excluding tert-OH is 1. The molecule has 0 saturated heterocycles. The van der Waals surface area contributed by atoms with Gasteiger partial charge in [-0.1, -0.05) is 37.3 Å². The SMILES string of the molecule is COc1ccc(S(=O)(=O)Nc2ccc3c(c2)C(=O)N([C@@H](C)CO)C[C@H](C)[C@@H](CN(C)Cc2ccc(Oc4ccccc4)cc2)O3)cc1. The van der Waals surface area contributed by atoms with Crippen molar-refractivity contribution in [2.45, 2.75) is 37.4 Å². The average molecular weight is 660 g/mol. The highest BCUT2D eigenvalue weighted by atomic mass is 32.2. The average Bonchev–Trinajstić information content (AvgIpc) is 3.07. The number of rotatable bonds is 12. The van der Waals surface area contributed by atoms with Crippen LogP contribution < -0.4 is 18.9 Å². The number of methoxy groups -OCH3 is 1. The number of carbonyl (C=O) groups is 1. The summed E-state index contributed by atoms with van der Waals surface area (Å²) in [4.78, 5) is 17.7. The number of likely N-dealkylation sites (N-methyl/N-ethyl adjacent to an activating group) is 1. The molecule has 4 aromatic carbocycles. The number of benzene rings is 4. The van der Waals surface area contributed by atoms with Crippen LogP contribution in [0.4, 0.5) is 5.69 Å². The van der Waals surface area contributed by atoms with Crippen molar-refractivity contribution in [2.75, 3.05) is 38.6 Å². The molecule has 10 nitrogen and oxygen atoms in total. The predicted octanol–water partition coefficient (Wildman–Crippen LogP) is 5.64. The first-order valence-electron chi connectivity index (χ1n) is 15.5. The zero-order valence-electron chi connectivity index (χ0n) is 27.0. The number of nitrogens with zero attached hydrogens (tertiary/aromatic N) is 2. The van der Waals surface area contributed by atoms with E-state index in [0.717, 1.165) is 17.1 Å². The van der Waals surface area contributed by atoms with Gasteiger partial charge in [-0.05, 0) is 86.3 Å². The van der Waals surface area contributed by atoms with Crippen LogP contribution in [0.2, 0.25) is 0 Å². The van der Waals surface area contributed by atoms with Crippen molar-refractivity contribution in [2.24, 2.45) is 5.92 Å². The Morgan fingerprint density at radius 1 is 0.979 bits per heavy atom. The molecule has 4 aromatic rings. The quantitative estimate of drug-likeness (QED) is 0.201.